The van der Waals surface area contributed by atoms with Gasteiger partial charge in [0.25, 0.3) is 0 Å². The molecule has 4 nitrogen and oxygen atoms in total. The second-order valence-electron chi connectivity index (χ2n) is 7.04. The zero-order valence-electron chi connectivity index (χ0n) is 16.1. The van der Waals surface area contributed by atoms with E-state index in [0.717, 1.165) is 16.9 Å². The molecule has 3 rings (SSSR count). The summed E-state index contributed by atoms with van der Waals surface area (Å²) in [6.45, 7) is 6.85. The first kappa shape index (κ1) is 19.8. The van der Waals surface area contributed by atoms with Gasteiger partial charge < -0.3 is 4.74 Å². The van der Waals surface area contributed by atoms with Crippen molar-refractivity contribution in [2.75, 3.05) is 7.11 Å². The highest BCUT2D eigenvalue weighted by Gasteiger charge is 2.37. The fourth-order valence-electron chi connectivity index (χ4n) is 3.24. The van der Waals surface area contributed by atoms with Crippen LogP contribution in [0.1, 0.15) is 42.0 Å². The third kappa shape index (κ3) is 4.33. The van der Waals surface area contributed by atoms with Crippen LogP contribution in [-0.2, 0) is 17.8 Å². The number of benzene rings is 1. The highest BCUT2D eigenvalue weighted by molar-refractivity contribution is 8.24. The van der Waals surface area contributed by atoms with E-state index >= 15 is 0 Å². The summed E-state index contributed by atoms with van der Waals surface area (Å²) in [5.74, 6) is 1.34. The van der Waals surface area contributed by atoms with Crippen molar-refractivity contribution in [1.82, 2.24) is 9.88 Å². The minimum atomic E-state index is -0.179. The molecule has 0 unspecified atom stereocenters. The molecule has 1 aromatic heterocycles. The number of thiocarbonyl (C=S) groups is 1. The van der Waals surface area contributed by atoms with Crippen molar-refractivity contribution in [2.24, 2.45) is 0 Å². The number of carbonyl (C=O) groups excluding carboxylic acids is 1. The molecule has 0 spiro atoms. The monoisotopic (exact) mass is 400 g/mol. The molecule has 0 aliphatic carbocycles. The van der Waals surface area contributed by atoms with E-state index in [2.05, 4.69) is 37.9 Å². The Bertz CT molecular complexity index is 853. The van der Waals surface area contributed by atoms with Gasteiger partial charge in [-0.05, 0) is 53.6 Å². The molecule has 27 heavy (non-hydrogen) atoms. The Kier molecular flexibility index (Phi) is 6.17. The first-order valence-electron chi connectivity index (χ1n) is 8.99. The lowest BCUT2D eigenvalue weighted by atomic mass is 9.94. The van der Waals surface area contributed by atoms with E-state index in [0.29, 0.717) is 23.2 Å². The number of methoxy groups -OCH3 is 1. The molecule has 1 saturated heterocycles. The Morgan fingerprint density at radius 3 is 2.78 bits per heavy atom. The Morgan fingerprint density at radius 1 is 1.37 bits per heavy atom. The maximum absolute atomic E-state index is 13.0. The maximum atomic E-state index is 13.0. The number of rotatable bonds is 6. The lowest BCUT2D eigenvalue weighted by Crippen LogP contribution is -2.31. The summed E-state index contributed by atoms with van der Waals surface area (Å²) in [5, 5.41) is -0.179. The van der Waals surface area contributed by atoms with Crippen molar-refractivity contribution in [2.45, 2.75) is 44.9 Å². The largest absolute Gasteiger partial charge is 0.496 e. The topological polar surface area (TPSA) is 42.4 Å². The number of hydrogen-bond donors (Lipinski definition) is 0. The van der Waals surface area contributed by atoms with Gasteiger partial charge in [-0.15, -0.1) is 0 Å². The van der Waals surface area contributed by atoms with Gasteiger partial charge >= 0.3 is 0 Å². The van der Waals surface area contributed by atoms with Gasteiger partial charge in [-0.2, -0.15) is 0 Å². The lowest BCUT2D eigenvalue weighted by Gasteiger charge is -2.18. The molecule has 0 bridgehead atoms. The molecule has 0 saturated carbocycles. The summed E-state index contributed by atoms with van der Waals surface area (Å²) in [5.41, 5.74) is 4.47. The summed E-state index contributed by atoms with van der Waals surface area (Å²) in [7, 11) is 1.70. The molecule has 142 valence electrons. The average Bonchev–Trinajstić information content (AvgIpc) is 2.91. The molecule has 2 aromatic rings. The van der Waals surface area contributed by atoms with E-state index < -0.39 is 0 Å². The van der Waals surface area contributed by atoms with E-state index in [4.69, 9.17) is 17.0 Å². The number of hydrogen-bond acceptors (Lipinski definition) is 5. The quantitative estimate of drug-likeness (QED) is 0.668. The van der Waals surface area contributed by atoms with Crippen LogP contribution < -0.4 is 4.74 Å². The van der Waals surface area contributed by atoms with Crippen molar-refractivity contribution >= 4 is 34.2 Å². The van der Waals surface area contributed by atoms with Crippen molar-refractivity contribution < 1.29 is 9.53 Å². The maximum Gasteiger partial charge on any atom is 0.242 e. The minimum Gasteiger partial charge on any atom is -0.496 e. The number of amides is 1. The Morgan fingerprint density at radius 2 is 2.15 bits per heavy atom. The van der Waals surface area contributed by atoms with E-state index in [1.54, 1.807) is 24.4 Å². The van der Waals surface area contributed by atoms with Crippen LogP contribution in [0.4, 0.5) is 0 Å². The third-order valence-corrected chi connectivity index (χ3v) is 6.37. The van der Waals surface area contributed by atoms with Gasteiger partial charge in [0, 0.05) is 12.4 Å². The molecule has 1 aliphatic rings. The second kappa shape index (κ2) is 8.40. The van der Waals surface area contributed by atoms with Crippen LogP contribution in [0, 0.1) is 6.92 Å². The summed E-state index contributed by atoms with van der Waals surface area (Å²) < 4.78 is 6.17. The van der Waals surface area contributed by atoms with Crippen LogP contribution in [-0.4, -0.2) is 32.5 Å². The van der Waals surface area contributed by atoms with Crippen LogP contribution >= 0.6 is 24.0 Å². The van der Waals surface area contributed by atoms with Crippen LogP contribution in [0.25, 0.3) is 0 Å². The lowest BCUT2D eigenvalue weighted by molar-refractivity contribution is -0.126. The summed E-state index contributed by atoms with van der Waals surface area (Å²) in [6, 6.07) is 8.08. The van der Waals surface area contributed by atoms with Gasteiger partial charge in [0.1, 0.15) is 10.1 Å². The van der Waals surface area contributed by atoms with E-state index in [1.165, 1.54) is 22.9 Å². The molecule has 1 atom stereocenters. The molecule has 6 heteroatoms. The normalized spacial score (nSPS) is 17.1. The summed E-state index contributed by atoms with van der Waals surface area (Å²) >= 11 is 6.96. The van der Waals surface area contributed by atoms with E-state index in [1.807, 2.05) is 12.1 Å². The minimum absolute atomic E-state index is 0.0789. The fourth-order valence-corrected chi connectivity index (χ4v) is 4.76. The van der Waals surface area contributed by atoms with Gasteiger partial charge in [0.05, 0.1) is 18.9 Å². The predicted octanol–water partition coefficient (Wildman–Crippen LogP) is 4.49. The number of thioether (sulfide) groups is 1. The van der Waals surface area contributed by atoms with Crippen molar-refractivity contribution in [1.29, 1.82) is 0 Å². The summed E-state index contributed by atoms with van der Waals surface area (Å²) in [4.78, 5) is 18.8. The smallest absolute Gasteiger partial charge is 0.242 e. The molecule has 2 heterocycles. The number of pyridine rings is 1. The van der Waals surface area contributed by atoms with Crippen LogP contribution in [0.5, 0.6) is 5.75 Å². The summed E-state index contributed by atoms with van der Waals surface area (Å²) in [6.07, 6.45) is 4.17. The van der Waals surface area contributed by atoms with Crippen LogP contribution in [0.15, 0.2) is 36.7 Å². The first-order chi connectivity index (χ1) is 12.9. The standard InChI is InChI=1S/C21H24N2O2S2/c1-13(2)17-9-16(14(3)8-18(17)25-4)10-19-20(24)23(21(26)27-19)12-15-6-5-7-22-11-15/h5-9,11,13,19H,10,12H2,1-4H3/t19-/m1/s1. The van der Waals surface area contributed by atoms with Gasteiger partial charge in [-0.3, -0.25) is 14.7 Å². The van der Waals surface area contributed by atoms with Gasteiger partial charge in [0.15, 0.2) is 0 Å². The predicted molar refractivity (Wildman–Crippen MR) is 114 cm³/mol. The Balaban J connectivity index is 1.79. The Hall–Kier alpha value is -1.92. The average molecular weight is 401 g/mol. The number of aryl methyl sites for hydroxylation is 1. The van der Waals surface area contributed by atoms with Crippen LogP contribution in [0.2, 0.25) is 0 Å². The number of nitrogens with zero attached hydrogens (tertiary/aromatic N) is 2. The molecule has 0 N–H and O–H groups in total. The van der Waals surface area contributed by atoms with Crippen molar-refractivity contribution in [3.63, 3.8) is 0 Å². The highest BCUT2D eigenvalue weighted by atomic mass is 32.2. The first-order valence-corrected chi connectivity index (χ1v) is 10.3. The van der Waals surface area contributed by atoms with E-state index in [-0.39, 0.29) is 11.2 Å². The zero-order chi connectivity index (χ0) is 19.6. The van der Waals surface area contributed by atoms with E-state index in [9.17, 15) is 4.79 Å². The van der Waals surface area contributed by atoms with Gasteiger partial charge in [0.2, 0.25) is 5.91 Å². The SMILES string of the molecule is COc1cc(C)c(C[C@H]2SC(=S)N(Cc3cccnc3)C2=O)cc1C(C)C. The third-order valence-electron chi connectivity index (χ3n) is 4.78. The number of carbonyl (C=O) groups is 1. The molecule has 1 aromatic carbocycles. The highest BCUT2D eigenvalue weighted by Crippen LogP contribution is 2.35. The number of aromatic nitrogens is 1. The van der Waals surface area contributed by atoms with Gasteiger partial charge in [-0.25, -0.2) is 0 Å². The van der Waals surface area contributed by atoms with Gasteiger partial charge in [-0.1, -0.05) is 50.0 Å². The second-order valence-corrected chi connectivity index (χ2v) is 8.87. The molecular weight excluding hydrogens is 376 g/mol. The molecule has 1 fully saturated rings. The Labute approximate surface area is 170 Å². The molecule has 0 radical (unpaired) electrons. The molecule has 1 aliphatic heterocycles. The van der Waals surface area contributed by atoms with Crippen molar-refractivity contribution in [3.05, 3.63) is 58.9 Å². The zero-order valence-corrected chi connectivity index (χ0v) is 17.7. The molecule has 1 amide bonds. The molecular formula is C21H24N2O2S2. The number of ether oxygens (including phenoxy) is 1. The fraction of sp³-hybridized carbons (Fsp3) is 0.381. The van der Waals surface area contributed by atoms with Crippen molar-refractivity contribution in [3.8, 4) is 5.75 Å². The van der Waals surface area contributed by atoms with Crippen LogP contribution in [0.3, 0.4) is 0 Å².